The maximum Gasteiger partial charge on any atom is 0.319 e. The molecule has 1 heterocycles. The smallest absolute Gasteiger partial charge is 0.319 e. The van der Waals surface area contributed by atoms with Crippen molar-refractivity contribution < 1.29 is 14.3 Å². The number of urea groups is 1. The van der Waals surface area contributed by atoms with Crippen LogP contribution in [0.2, 0.25) is 0 Å². The van der Waals surface area contributed by atoms with E-state index < -0.39 is 0 Å². The molecule has 3 amide bonds. The Morgan fingerprint density at radius 2 is 1.85 bits per heavy atom. The highest BCUT2D eigenvalue weighted by molar-refractivity contribution is 5.95. The molecule has 2 rings (SSSR count). The molecule has 0 bridgehead atoms. The fourth-order valence-corrected chi connectivity index (χ4v) is 2.59. The van der Waals surface area contributed by atoms with Crippen LogP contribution in [-0.2, 0) is 16.1 Å². The highest BCUT2D eigenvalue weighted by Crippen LogP contribution is 2.23. The van der Waals surface area contributed by atoms with E-state index in [4.69, 9.17) is 4.74 Å². The molecule has 0 spiro atoms. The van der Waals surface area contributed by atoms with E-state index in [1.165, 1.54) is 7.11 Å². The van der Waals surface area contributed by atoms with Crippen LogP contribution < -0.4 is 16.0 Å². The van der Waals surface area contributed by atoms with Crippen molar-refractivity contribution in [1.82, 2.24) is 20.1 Å². The van der Waals surface area contributed by atoms with Gasteiger partial charge in [0, 0.05) is 31.6 Å². The van der Waals surface area contributed by atoms with Crippen LogP contribution in [0.15, 0.2) is 18.2 Å². The van der Waals surface area contributed by atoms with Gasteiger partial charge in [-0.3, -0.25) is 9.48 Å². The first kappa shape index (κ1) is 20.4. The minimum Gasteiger partial charge on any atom is -0.375 e. The first-order valence-electron chi connectivity index (χ1n) is 8.72. The fraction of sp³-hybridized carbons (Fsp3) is 0.444. The van der Waals surface area contributed by atoms with Crippen LogP contribution in [0.25, 0.3) is 0 Å². The second-order valence-electron chi connectivity index (χ2n) is 6.12. The molecule has 27 heavy (non-hydrogen) atoms. The van der Waals surface area contributed by atoms with E-state index >= 15 is 0 Å². The van der Waals surface area contributed by atoms with Gasteiger partial charge in [0.05, 0.1) is 0 Å². The summed E-state index contributed by atoms with van der Waals surface area (Å²) in [7, 11) is 1.46. The molecule has 9 nitrogen and oxygen atoms in total. The number of anilines is 2. The third-order valence-corrected chi connectivity index (χ3v) is 3.93. The Hall–Kier alpha value is -2.94. The number of aryl methyl sites for hydroxylation is 3. The first-order valence-corrected chi connectivity index (χ1v) is 8.72. The predicted molar refractivity (Wildman–Crippen MR) is 103 cm³/mol. The van der Waals surface area contributed by atoms with Crippen LogP contribution in [0, 0.1) is 20.8 Å². The third-order valence-electron chi connectivity index (χ3n) is 3.93. The van der Waals surface area contributed by atoms with Crippen LogP contribution in [0.5, 0.6) is 0 Å². The van der Waals surface area contributed by atoms with Gasteiger partial charge in [-0.1, -0.05) is 6.07 Å². The van der Waals surface area contributed by atoms with Crippen LogP contribution in [0.1, 0.15) is 23.6 Å². The van der Waals surface area contributed by atoms with Gasteiger partial charge < -0.3 is 20.7 Å². The van der Waals surface area contributed by atoms with Crippen molar-refractivity contribution in [3.63, 3.8) is 0 Å². The van der Waals surface area contributed by atoms with Crippen molar-refractivity contribution in [3.05, 3.63) is 35.4 Å². The molecule has 0 radical (unpaired) electrons. The molecule has 0 unspecified atom stereocenters. The van der Waals surface area contributed by atoms with Gasteiger partial charge in [0.1, 0.15) is 18.3 Å². The third kappa shape index (κ3) is 6.07. The standard InChI is InChI=1S/C18H26N6O3/c1-12-15(21-17(25)11-27-4)7-5-8-16(12)22-18(26)19-9-6-10-24-14(3)20-13(2)23-24/h5,7-8H,6,9-11H2,1-4H3,(H,21,25)(H2,19,22,26). The average Bonchev–Trinajstić information content (AvgIpc) is 2.93. The summed E-state index contributed by atoms with van der Waals surface area (Å²) in [6.07, 6.45) is 0.739. The fourth-order valence-electron chi connectivity index (χ4n) is 2.59. The minimum absolute atomic E-state index is 0.0254. The SMILES string of the molecule is COCC(=O)Nc1cccc(NC(=O)NCCCn2nc(C)nc2C)c1C. The van der Waals surface area contributed by atoms with Crippen molar-refractivity contribution in [2.45, 2.75) is 33.7 Å². The lowest BCUT2D eigenvalue weighted by atomic mass is 10.1. The number of methoxy groups -OCH3 is 1. The summed E-state index contributed by atoms with van der Waals surface area (Å²) in [6, 6.07) is 5.02. The number of rotatable bonds is 8. The molecule has 0 saturated carbocycles. The number of aromatic nitrogens is 3. The van der Waals surface area contributed by atoms with E-state index in [0.29, 0.717) is 24.5 Å². The molecule has 9 heteroatoms. The maximum atomic E-state index is 12.1. The summed E-state index contributed by atoms with van der Waals surface area (Å²) in [5, 5.41) is 12.7. The molecular weight excluding hydrogens is 348 g/mol. The summed E-state index contributed by atoms with van der Waals surface area (Å²) in [5.74, 6) is 1.35. The quantitative estimate of drug-likeness (QED) is 0.612. The lowest BCUT2D eigenvalue weighted by Gasteiger charge is -2.14. The highest BCUT2D eigenvalue weighted by Gasteiger charge is 2.10. The Balaban J connectivity index is 1.83. The van der Waals surface area contributed by atoms with Crippen molar-refractivity contribution in [2.24, 2.45) is 0 Å². The number of benzene rings is 1. The van der Waals surface area contributed by atoms with E-state index in [9.17, 15) is 9.59 Å². The first-order chi connectivity index (χ1) is 12.9. The number of nitrogens with one attached hydrogen (secondary N) is 3. The van der Waals surface area contributed by atoms with Gasteiger partial charge in [-0.05, 0) is 44.9 Å². The number of carbonyl (C=O) groups is 2. The van der Waals surface area contributed by atoms with Gasteiger partial charge in [-0.2, -0.15) is 5.10 Å². The van der Waals surface area contributed by atoms with Crippen molar-refractivity contribution in [1.29, 1.82) is 0 Å². The molecule has 0 aliphatic rings. The predicted octanol–water partition coefficient (Wildman–Crippen LogP) is 2.00. The van der Waals surface area contributed by atoms with Gasteiger partial charge in [0.25, 0.3) is 0 Å². The van der Waals surface area contributed by atoms with Gasteiger partial charge in [0.15, 0.2) is 0 Å². The van der Waals surface area contributed by atoms with Crippen LogP contribution in [0.3, 0.4) is 0 Å². The number of amides is 3. The zero-order chi connectivity index (χ0) is 19.8. The number of nitrogens with zero attached hydrogens (tertiary/aromatic N) is 3. The largest absolute Gasteiger partial charge is 0.375 e. The summed E-state index contributed by atoms with van der Waals surface area (Å²) in [4.78, 5) is 28.0. The van der Waals surface area contributed by atoms with Crippen molar-refractivity contribution in [2.75, 3.05) is 30.9 Å². The summed E-state index contributed by atoms with van der Waals surface area (Å²) >= 11 is 0. The zero-order valence-electron chi connectivity index (χ0n) is 16.1. The van der Waals surface area contributed by atoms with Gasteiger partial charge in [0.2, 0.25) is 5.91 Å². The Morgan fingerprint density at radius 3 is 2.48 bits per heavy atom. The Labute approximate surface area is 158 Å². The molecule has 3 N–H and O–H groups in total. The van der Waals surface area contributed by atoms with Crippen LogP contribution in [-0.4, -0.2) is 47.0 Å². The molecule has 0 saturated heterocycles. The number of carbonyl (C=O) groups excluding carboxylic acids is 2. The van der Waals surface area contributed by atoms with Crippen molar-refractivity contribution >= 4 is 23.3 Å². The minimum atomic E-state index is -0.301. The molecule has 2 aromatic rings. The molecule has 146 valence electrons. The number of hydrogen-bond donors (Lipinski definition) is 3. The monoisotopic (exact) mass is 374 g/mol. The molecule has 0 aliphatic carbocycles. The summed E-state index contributed by atoms with van der Waals surface area (Å²) < 4.78 is 6.63. The lowest BCUT2D eigenvalue weighted by molar-refractivity contribution is -0.119. The van der Waals surface area contributed by atoms with Crippen molar-refractivity contribution in [3.8, 4) is 0 Å². The second kappa shape index (κ2) is 9.67. The molecule has 0 fully saturated rings. The van der Waals surface area contributed by atoms with E-state index in [0.717, 1.165) is 23.6 Å². The zero-order valence-corrected chi connectivity index (χ0v) is 16.1. The second-order valence-corrected chi connectivity index (χ2v) is 6.12. The summed E-state index contributed by atoms with van der Waals surface area (Å²) in [6.45, 7) is 6.75. The Kier molecular flexibility index (Phi) is 7.30. The van der Waals surface area contributed by atoms with Gasteiger partial charge >= 0.3 is 6.03 Å². The lowest BCUT2D eigenvalue weighted by Crippen LogP contribution is -2.30. The molecule has 0 atom stereocenters. The van der Waals surface area contributed by atoms with Crippen LogP contribution >= 0.6 is 0 Å². The molecule has 1 aromatic heterocycles. The Morgan fingerprint density at radius 1 is 1.15 bits per heavy atom. The average molecular weight is 374 g/mol. The van der Waals surface area contributed by atoms with E-state index in [-0.39, 0.29) is 18.5 Å². The normalized spacial score (nSPS) is 10.5. The van der Waals surface area contributed by atoms with Gasteiger partial charge in [-0.15, -0.1) is 0 Å². The van der Waals surface area contributed by atoms with E-state index in [2.05, 4.69) is 26.0 Å². The molecule has 0 aliphatic heterocycles. The molecular formula is C18H26N6O3. The maximum absolute atomic E-state index is 12.1. The Bertz CT molecular complexity index is 802. The number of hydrogen-bond acceptors (Lipinski definition) is 5. The van der Waals surface area contributed by atoms with E-state index in [1.54, 1.807) is 18.2 Å². The summed E-state index contributed by atoms with van der Waals surface area (Å²) in [5.41, 5.74) is 2.03. The molecule has 1 aromatic carbocycles. The van der Waals surface area contributed by atoms with E-state index in [1.807, 2.05) is 25.5 Å². The highest BCUT2D eigenvalue weighted by atomic mass is 16.5. The topological polar surface area (TPSA) is 110 Å². The van der Waals surface area contributed by atoms with Crippen LogP contribution in [0.4, 0.5) is 16.2 Å². The number of ether oxygens (including phenoxy) is 1. The van der Waals surface area contributed by atoms with Gasteiger partial charge in [-0.25, -0.2) is 9.78 Å².